The van der Waals surface area contributed by atoms with Gasteiger partial charge in [-0.15, -0.1) is 0 Å². The van der Waals surface area contributed by atoms with E-state index < -0.39 is 16.8 Å². The van der Waals surface area contributed by atoms with Crippen LogP contribution in [0.15, 0.2) is 0 Å². The molecule has 6 nitrogen and oxygen atoms in total. The van der Waals surface area contributed by atoms with E-state index in [1.54, 1.807) is 25.9 Å². The van der Waals surface area contributed by atoms with E-state index in [4.69, 9.17) is 0 Å². The fourth-order valence-electron chi connectivity index (χ4n) is 2.05. The molecule has 3 unspecified atom stereocenters. The van der Waals surface area contributed by atoms with Crippen molar-refractivity contribution in [2.24, 2.45) is 0 Å². The fraction of sp³-hybridized carbons (Fsp3) is 0.833. The molecule has 0 aromatic heterocycles. The van der Waals surface area contributed by atoms with Gasteiger partial charge in [0.2, 0.25) is 5.91 Å². The van der Waals surface area contributed by atoms with Gasteiger partial charge in [0, 0.05) is 43.2 Å². The van der Waals surface area contributed by atoms with E-state index in [-0.39, 0.29) is 23.2 Å². The molecule has 0 bridgehead atoms. The summed E-state index contributed by atoms with van der Waals surface area (Å²) in [5.41, 5.74) is 0. The van der Waals surface area contributed by atoms with E-state index in [1.807, 2.05) is 13.8 Å². The summed E-state index contributed by atoms with van der Waals surface area (Å²) >= 11 is 0. The zero-order valence-electron chi connectivity index (χ0n) is 12.2. The molecule has 4 atom stereocenters. The predicted octanol–water partition coefficient (Wildman–Crippen LogP) is 0.0140. The van der Waals surface area contributed by atoms with Crippen molar-refractivity contribution < 1.29 is 13.8 Å². The largest absolute Gasteiger partial charge is 0.347 e. The topological polar surface area (TPSA) is 69.7 Å². The lowest BCUT2D eigenvalue weighted by Gasteiger charge is -2.37. The minimum Gasteiger partial charge on any atom is -0.347 e. The molecule has 19 heavy (non-hydrogen) atoms. The quantitative estimate of drug-likeness (QED) is 0.779. The number of hydrogen-bond acceptors (Lipinski definition) is 3. The molecule has 0 saturated carbocycles. The summed E-state index contributed by atoms with van der Waals surface area (Å²) in [6.45, 7) is 5.90. The summed E-state index contributed by atoms with van der Waals surface area (Å²) < 4.78 is 11.7. The van der Waals surface area contributed by atoms with Gasteiger partial charge in [-0.25, -0.2) is 4.79 Å². The molecule has 0 aromatic carbocycles. The fourth-order valence-corrected chi connectivity index (χ4v) is 3.39. The minimum atomic E-state index is -0.878. The average molecular weight is 289 g/mol. The van der Waals surface area contributed by atoms with Crippen molar-refractivity contribution in [2.75, 3.05) is 26.4 Å². The van der Waals surface area contributed by atoms with Crippen LogP contribution >= 0.6 is 0 Å². The van der Waals surface area contributed by atoms with Crippen LogP contribution in [0.4, 0.5) is 4.79 Å². The van der Waals surface area contributed by atoms with Crippen LogP contribution < -0.4 is 5.32 Å². The number of rotatable bonds is 2. The van der Waals surface area contributed by atoms with Crippen LogP contribution in [0.3, 0.4) is 0 Å². The van der Waals surface area contributed by atoms with Crippen molar-refractivity contribution in [1.29, 1.82) is 0 Å². The molecule has 3 amide bonds. The Kier molecular flexibility index (Phi) is 5.34. The Labute approximate surface area is 117 Å². The summed E-state index contributed by atoms with van der Waals surface area (Å²) in [7, 11) is 2.43. The monoisotopic (exact) mass is 289 g/mol. The first-order valence-electron chi connectivity index (χ1n) is 6.41. The number of carbonyl (C=O) groups is 2. The normalized spacial score (nSPS) is 28.7. The van der Waals surface area contributed by atoms with Gasteiger partial charge in [0.15, 0.2) is 0 Å². The Morgan fingerprint density at radius 2 is 1.95 bits per heavy atom. The summed E-state index contributed by atoms with van der Waals surface area (Å²) in [5.74, 6) is 0.351. The minimum absolute atomic E-state index is 0.0423. The maximum absolute atomic E-state index is 12.1. The highest BCUT2D eigenvalue weighted by Gasteiger charge is 2.33. The lowest BCUT2D eigenvalue weighted by molar-refractivity contribution is -0.130. The second-order valence-corrected chi connectivity index (χ2v) is 7.04. The molecule has 110 valence electrons. The van der Waals surface area contributed by atoms with E-state index in [1.165, 1.54) is 4.90 Å². The van der Waals surface area contributed by atoms with Crippen LogP contribution in [0.25, 0.3) is 0 Å². The van der Waals surface area contributed by atoms with Gasteiger partial charge in [-0.2, -0.15) is 0 Å². The SMILES string of the molecule is CC1C(C)S(=O)CCN1C(=O)N[C@@H](C)C(=O)N(C)C. The van der Waals surface area contributed by atoms with Gasteiger partial charge >= 0.3 is 6.03 Å². The van der Waals surface area contributed by atoms with Crippen molar-refractivity contribution in [3.8, 4) is 0 Å². The first kappa shape index (κ1) is 15.9. The van der Waals surface area contributed by atoms with E-state index >= 15 is 0 Å². The first-order chi connectivity index (χ1) is 8.75. The molecule has 0 spiro atoms. The number of carbonyl (C=O) groups excluding carboxylic acids is 2. The Morgan fingerprint density at radius 3 is 2.47 bits per heavy atom. The van der Waals surface area contributed by atoms with Crippen LogP contribution in [0.5, 0.6) is 0 Å². The Hall–Kier alpha value is -1.11. The van der Waals surface area contributed by atoms with E-state index in [9.17, 15) is 13.8 Å². The maximum atomic E-state index is 12.1. The Bertz CT molecular complexity index is 386. The van der Waals surface area contributed by atoms with Gasteiger partial charge in [-0.05, 0) is 20.8 Å². The highest BCUT2D eigenvalue weighted by Crippen LogP contribution is 2.16. The second-order valence-electron chi connectivity index (χ2n) is 5.13. The summed E-state index contributed by atoms with van der Waals surface area (Å²) in [5, 5.41) is 2.65. The number of nitrogens with zero attached hydrogens (tertiary/aromatic N) is 2. The molecule has 0 aliphatic carbocycles. The van der Waals surface area contributed by atoms with E-state index in [0.29, 0.717) is 12.3 Å². The van der Waals surface area contributed by atoms with Crippen molar-refractivity contribution >= 4 is 22.7 Å². The average Bonchev–Trinajstić information content (AvgIpc) is 2.34. The van der Waals surface area contributed by atoms with Gasteiger partial charge in [0.25, 0.3) is 0 Å². The number of hydrogen-bond donors (Lipinski definition) is 1. The van der Waals surface area contributed by atoms with Crippen LogP contribution in [0.2, 0.25) is 0 Å². The molecule has 0 radical (unpaired) electrons. The Balaban J connectivity index is 2.63. The maximum Gasteiger partial charge on any atom is 0.318 e. The van der Waals surface area contributed by atoms with Gasteiger partial charge in [0.1, 0.15) is 6.04 Å². The molecule has 1 saturated heterocycles. The summed E-state index contributed by atoms with van der Waals surface area (Å²) in [6.07, 6.45) is 0. The third kappa shape index (κ3) is 3.68. The van der Waals surface area contributed by atoms with Crippen LogP contribution in [0, 0.1) is 0 Å². The smallest absolute Gasteiger partial charge is 0.318 e. The molecule has 7 heteroatoms. The molecule has 1 fully saturated rings. The predicted molar refractivity (Wildman–Crippen MR) is 75.3 cm³/mol. The molecule has 1 heterocycles. The third-order valence-corrected chi connectivity index (χ3v) is 5.34. The molecular formula is C12H23N3O3S. The molecular weight excluding hydrogens is 266 g/mol. The molecule has 1 aliphatic heterocycles. The molecule has 1 aliphatic rings. The summed E-state index contributed by atoms with van der Waals surface area (Å²) in [4.78, 5) is 27.0. The van der Waals surface area contributed by atoms with Crippen molar-refractivity contribution in [2.45, 2.75) is 38.1 Å². The molecule has 0 aromatic rings. The van der Waals surface area contributed by atoms with Gasteiger partial charge < -0.3 is 15.1 Å². The van der Waals surface area contributed by atoms with E-state index in [2.05, 4.69) is 5.32 Å². The number of nitrogens with one attached hydrogen (secondary N) is 1. The number of likely N-dealkylation sites (N-methyl/N-ethyl adjacent to an activating group) is 1. The van der Waals surface area contributed by atoms with Crippen LogP contribution in [-0.4, -0.2) is 69.7 Å². The van der Waals surface area contributed by atoms with Crippen LogP contribution in [0.1, 0.15) is 20.8 Å². The summed E-state index contributed by atoms with van der Waals surface area (Å²) in [6, 6.07) is -0.910. The zero-order chi connectivity index (χ0) is 14.7. The van der Waals surface area contributed by atoms with Gasteiger partial charge in [-0.1, -0.05) is 0 Å². The first-order valence-corrected chi connectivity index (χ1v) is 7.79. The van der Waals surface area contributed by atoms with Gasteiger partial charge in [-0.3, -0.25) is 9.00 Å². The van der Waals surface area contributed by atoms with Gasteiger partial charge in [0.05, 0.1) is 5.25 Å². The van der Waals surface area contributed by atoms with Crippen LogP contribution in [-0.2, 0) is 15.6 Å². The number of amides is 3. The third-order valence-electron chi connectivity index (χ3n) is 3.53. The Morgan fingerprint density at radius 1 is 1.37 bits per heavy atom. The van der Waals surface area contributed by atoms with E-state index in [0.717, 1.165) is 0 Å². The highest BCUT2D eigenvalue weighted by molar-refractivity contribution is 7.85. The molecule has 1 N–H and O–H groups in total. The van der Waals surface area contributed by atoms with Crippen molar-refractivity contribution in [1.82, 2.24) is 15.1 Å². The lowest BCUT2D eigenvalue weighted by Crippen LogP contribution is -2.57. The van der Waals surface area contributed by atoms with Crippen molar-refractivity contribution in [3.63, 3.8) is 0 Å². The standard InChI is InChI=1S/C12H23N3O3S/c1-8(11(16)14(4)5)13-12(17)15-6-7-19(18)10(3)9(15)2/h8-10H,6-7H2,1-5H3,(H,13,17)/t8-,9?,10?,19?/m0/s1. The van der Waals surface area contributed by atoms with Crippen molar-refractivity contribution in [3.05, 3.63) is 0 Å². The number of urea groups is 1. The lowest BCUT2D eigenvalue weighted by atomic mass is 10.2. The second kappa shape index (κ2) is 6.36. The highest BCUT2D eigenvalue weighted by atomic mass is 32.2. The zero-order valence-corrected chi connectivity index (χ0v) is 13.0. The molecule has 1 rings (SSSR count).